The van der Waals surface area contributed by atoms with Gasteiger partial charge in [0, 0.05) is 42.3 Å². The average molecular weight is 309 g/mol. The van der Waals surface area contributed by atoms with Crippen LogP contribution in [0, 0.1) is 5.92 Å². The van der Waals surface area contributed by atoms with Gasteiger partial charge in [-0.25, -0.2) is 0 Å². The normalized spacial score (nSPS) is 18.6. The second-order valence-electron chi connectivity index (χ2n) is 5.94. The third-order valence-corrected chi connectivity index (χ3v) is 4.35. The van der Waals surface area contributed by atoms with Crippen molar-refractivity contribution in [3.8, 4) is 0 Å². The Hall–Kier alpha value is -1.30. The van der Waals surface area contributed by atoms with Gasteiger partial charge in [0.15, 0.2) is 0 Å². The number of H-pyrrole nitrogens is 1. The van der Waals surface area contributed by atoms with Gasteiger partial charge in [0.2, 0.25) is 0 Å². The van der Waals surface area contributed by atoms with E-state index in [2.05, 4.69) is 20.0 Å². The van der Waals surface area contributed by atoms with Crippen LogP contribution in [0.25, 0.3) is 10.9 Å². The zero-order valence-corrected chi connectivity index (χ0v) is 13.1. The number of halogens is 1. The molecular weight excluding hydrogens is 288 g/mol. The maximum Gasteiger partial charge on any atom is 0.109 e. The van der Waals surface area contributed by atoms with Crippen molar-refractivity contribution >= 4 is 28.2 Å². The van der Waals surface area contributed by atoms with Crippen LogP contribution >= 0.6 is 11.6 Å². The number of aliphatic hydroxyl groups excluding tert-OH is 1. The van der Waals surface area contributed by atoms with E-state index >= 15 is 0 Å². The van der Waals surface area contributed by atoms with E-state index < -0.39 is 0 Å². The van der Waals surface area contributed by atoms with Crippen molar-refractivity contribution in [2.45, 2.75) is 20.1 Å². The first-order chi connectivity index (χ1) is 10.1. The Labute approximate surface area is 129 Å². The standard InChI is InChI=1S/C15H21ClN4O/c1-10(2)15(21)20-5-3-19(4-6-20)14-8-11(16)7-13-12(14)9-17-18-13/h7-10,15,21H,3-6H2,1-2H3,(H,17,18). The van der Waals surface area contributed by atoms with Crippen molar-refractivity contribution in [2.75, 3.05) is 31.1 Å². The molecule has 3 rings (SSSR count). The van der Waals surface area contributed by atoms with E-state index in [1.54, 1.807) is 0 Å². The molecule has 5 nitrogen and oxygen atoms in total. The summed E-state index contributed by atoms with van der Waals surface area (Å²) < 4.78 is 0. The first kappa shape index (κ1) is 14.6. The number of piperazine rings is 1. The highest BCUT2D eigenvalue weighted by atomic mass is 35.5. The number of fused-ring (bicyclic) bond motifs is 1. The van der Waals surface area contributed by atoms with Gasteiger partial charge in [-0.2, -0.15) is 5.10 Å². The van der Waals surface area contributed by atoms with Crippen molar-refractivity contribution in [1.82, 2.24) is 15.1 Å². The number of aliphatic hydroxyl groups is 1. The topological polar surface area (TPSA) is 55.4 Å². The molecule has 0 amide bonds. The predicted octanol–water partition coefficient (Wildman–Crippen LogP) is 2.31. The molecule has 1 unspecified atom stereocenters. The number of hydrogen-bond acceptors (Lipinski definition) is 4. The molecule has 6 heteroatoms. The molecule has 1 saturated heterocycles. The zero-order chi connectivity index (χ0) is 15.0. The average Bonchev–Trinajstić information content (AvgIpc) is 2.93. The van der Waals surface area contributed by atoms with Crippen LogP contribution in [-0.4, -0.2) is 52.6 Å². The van der Waals surface area contributed by atoms with Crippen molar-refractivity contribution in [1.29, 1.82) is 0 Å². The molecule has 0 aliphatic carbocycles. The highest BCUT2D eigenvalue weighted by Crippen LogP contribution is 2.30. The zero-order valence-electron chi connectivity index (χ0n) is 12.4. The highest BCUT2D eigenvalue weighted by Gasteiger charge is 2.25. The molecule has 1 aliphatic rings. The Kier molecular flexibility index (Phi) is 4.06. The number of benzene rings is 1. The van der Waals surface area contributed by atoms with Gasteiger partial charge in [-0.15, -0.1) is 0 Å². The summed E-state index contributed by atoms with van der Waals surface area (Å²) in [4.78, 5) is 4.45. The van der Waals surface area contributed by atoms with Crippen LogP contribution in [-0.2, 0) is 0 Å². The van der Waals surface area contributed by atoms with Crippen LogP contribution in [0.1, 0.15) is 13.8 Å². The molecule has 2 aromatic rings. The number of nitrogens with one attached hydrogen (secondary N) is 1. The molecule has 1 aromatic heterocycles. The fourth-order valence-electron chi connectivity index (χ4n) is 2.91. The summed E-state index contributed by atoms with van der Waals surface area (Å²) >= 11 is 6.20. The van der Waals surface area contributed by atoms with Gasteiger partial charge in [-0.1, -0.05) is 25.4 Å². The lowest BCUT2D eigenvalue weighted by molar-refractivity contribution is -0.0322. The van der Waals surface area contributed by atoms with Crippen molar-refractivity contribution in [3.05, 3.63) is 23.4 Å². The fraction of sp³-hybridized carbons (Fsp3) is 0.533. The van der Waals surface area contributed by atoms with E-state index in [-0.39, 0.29) is 12.1 Å². The molecule has 114 valence electrons. The van der Waals surface area contributed by atoms with Crippen molar-refractivity contribution in [3.63, 3.8) is 0 Å². The molecular formula is C15H21ClN4O. The van der Waals surface area contributed by atoms with E-state index in [0.717, 1.165) is 42.8 Å². The lowest BCUT2D eigenvalue weighted by Crippen LogP contribution is -2.51. The molecule has 1 aliphatic heterocycles. The summed E-state index contributed by atoms with van der Waals surface area (Å²) in [5, 5.41) is 19.0. The van der Waals surface area contributed by atoms with Crippen LogP contribution in [0.3, 0.4) is 0 Å². The van der Waals surface area contributed by atoms with E-state index in [0.29, 0.717) is 5.02 Å². The van der Waals surface area contributed by atoms with E-state index in [4.69, 9.17) is 11.6 Å². The molecule has 21 heavy (non-hydrogen) atoms. The van der Waals surface area contributed by atoms with Gasteiger partial charge in [0.05, 0.1) is 11.7 Å². The minimum Gasteiger partial charge on any atom is -0.378 e. The van der Waals surface area contributed by atoms with Crippen LogP contribution < -0.4 is 4.90 Å². The number of hydrogen-bond donors (Lipinski definition) is 2. The second kappa shape index (κ2) is 5.83. The van der Waals surface area contributed by atoms with Gasteiger partial charge in [-0.3, -0.25) is 10.00 Å². The summed E-state index contributed by atoms with van der Waals surface area (Å²) in [5.74, 6) is 0.253. The molecule has 0 saturated carbocycles. The van der Waals surface area contributed by atoms with Crippen LogP contribution in [0.5, 0.6) is 0 Å². The van der Waals surface area contributed by atoms with Gasteiger partial charge in [0.25, 0.3) is 0 Å². The summed E-state index contributed by atoms with van der Waals surface area (Å²) in [6.45, 7) is 7.55. The van der Waals surface area contributed by atoms with Gasteiger partial charge in [0.1, 0.15) is 6.23 Å². The smallest absolute Gasteiger partial charge is 0.109 e. The first-order valence-electron chi connectivity index (χ1n) is 7.36. The largest absolute Gasteiger partial charge is 0.378 e. The van der Waals surface area contributed by atoms with Crippen molar-refractivity contribution in [2.24, 2.45) is 5.92 Å². The van der Waals surface area contributed by atoms with E-state index in [1.807, 2.05) is 32.2 Å². The van der Waals surface area contributed by atoms with Crippen LogP contribution in [0.2, 0.25) is 5.02 Å². The molecule has 1 aromatic carbocycles. The minimum absolute atomic E-state index is 0.253. The number of aromatic amines is 1. The highest BCUT2D eigenvalue weighted by molar-refractivity contribution is 6.31. The first-order valence-corrected chi connectivity index (χ1v) is 7.74. The number of aromatic nitrogens is 2. The van der Waals surface area contributed by atoms with Crippen LogP contribution in [0.4, 0.5) is 5.69 Å². The summed E-state index contributed by atoms with van der Waals surface area (Å²) in [5.41, 5.74) is 2.08. The van der Waals surface area contributed by atoms with Gasteiger partial charge < -0.3 is 10.0 Å². The Morgan fingerprint density at radius 3 is 2.62 bits per heavy atom. The maximum atomic E-state index is 10.2. The molecule has 0 radical (unpaired) electrons. The van der Waals surface area contributed by atoms with Gasteiger partial charge >= 0.3 is 0 Å². The number of anilines is 1. The summed E-state index contributed by atoms with van der Waals surface area (Å²) in [6.07, 6.45) is 1.48. The Bertz CT molecular complexity index is 619. The molecule has 1 atom stereocenters. The predicted molar refractivity (Wildman–Crippen MR) is 85.7 cm³/mol. The van der Waals surface area contributed by atoms with Crippen molar-refractivity contribution < 1.29 is 5.11 Å². The van der Waals surface area contributed by atoms with Crippen LogP contribution in [0.15, 0.2) is 18.3 Å². The number of rotatable bonds is 3. The summed E-state index contributed by atoms with van der Waals surface area (Å²) in [7, 11) is 0. The third-order valence-electron chi connectivity index (χ3n) is 4.13. The Morgan fingerprint density at radius 2 is 1.95 bits per heavy atom. The number of nitrogens with zero attached hydrogens (tertiary/aromatic N) is 3. The molecule has 2 heterocycles. The Balaban J connectivity index is 1.78. The minimum atomic E-state index is -0.361. The molecule has 0 bridgehead atoms. The van der Waals surface area contributed by atoms with E-state index in [9.17, 15) is 5.11 Å². The summed E-state index contributed by atoms with van der Waals surface area (Å²) in [6, 6.07) is 3.89. The fourth-order valence-corrected chi connectivity index (χ4v) is 3.12. The van der Waals surface area contributed by atoms with E-state index in [1.165, 1.54) is 0 Å². The lowest BCUT2D eigenvalue weighted by atomic mass is 10.1. The molecule has 0 spiro atoms. The third kappa shape index (κ3) is 2.86. The monoisotopic (exact) mass is 308 g/mol. The molecule has 1 fully saturated rings. The Morgan fingerprint density at radius 1 is 1.24 bits per heavy atom. The lowest BCUT2D eigenvalue weighted by Gasteiger charge is -2.39. The SMILES string of the molecule is CC(C)C(O)N1CCN(c2cc(Cl)cc3[nH]ncc23)CC1. The maximum absolute atomic E-state index is 10.2. The van der Waals surface area contributed by atoms with Gasteiger partial charge in [-0.05, 0) is 18.1 Å². The molecule has 2 N–H and O–H groups in total. The quantitative estimate of drug-likeness (QED) is 0.913. The second-order valence-corrected chi connectivity index (χ2v) is 6.37.